The number of carbonyl (C=O) groups is 1. The molecule has 2 aliphatic rings. The Bertz CT molecular complexity index is 561. The fourth-order valence-corrected chi connectivity index (χ4v) is 3.17. The summed E-state index contributed by atoms with van der Waals surface area (Å²) >= 11 is 0. The number of carbonyl (C=O) groups excluding carboxylic acids is 1. The van der Waals surface area contributed by atoms with Crippen LogP contribution in [0.5, 0.6) is 5.75 Å². The molecule has 2 heterocycles. The quantitative estimate of drug-likeness (QED) is 0.899. The van der Waals surface area contributed by atoms with Crippen molar-refractivity contribution in [3.63, 3.8) is 0 Å². The molecule has 1 saturated heterocycles. The van der Waals surface area contributed by atoms with Crippen LogP contribution >= 0.6 is 0 Å². The summed E-state index contributed by atoms with van der Waals surface area (Å²) in [4.78, 5) is 12.3. The molecule has 1 aromatic rings. The van der Waals surface area contributed by atoms with E-state index in [0.29, 0.717) is 24.9 Å². The Morgan fingerprint density at radius 3 is 3.00 bits per heavy atom. The van der Waals surface area contributed by atoms with Crippen molar-refractivity contribution < 1.29 is 18.7 Å². The molecular formula is C17H23FN2O3. The Balaban J connectivity index is 1.63. The Labute approximate surface area is 135 Å². The predicted octanol–water partition coefficient (Wildman–Crippen LogP) is 2.76. The van der Waals surface area contributed by atoms with Crippen LogP contribution in [0.25, 0.3) is 0 Å². The lowest BCUT2D eigenvalue weighted by Crippen LogP contribution is -2.45. The molecule has 2 aliphatic heterocycles. The van der Waals surface area contributed by atoms with Gasteiger partial charge < -0.3 is 20.1 Å². The molecule has 0 radical (unpaired) electrons. The summed E-state index contributed by atoms with van der Waals surface area (Å²) in [5.41, 5.74) is 0.830. The van der Waals surface area contributed by atoms with Crippen molar-refractivity contribution in [1.29, 1.82) is 0 Å². The molecule has 2 amide bonds. The normalized spacial score (nSPS) is 25.0. The number of benzene rings is 1. The van der Waals surface area contributed by atoms with Gasteiger partial charge in [0.1, 0.15) is 11.6 Å². The lowest BCUT2D eigenvalue weighted by molar-refractivity contribution is 0.177. The van der Waals surface area contributed by atoms with Crippen LogP contribution in [-0.4, -0.2) is 31.9 Å². The Morgan fingerprint density at radius 2 is 2.22 bits per heavy atom. The zero-order valence-electron chi connectivity index (χ0n) is 13.3. The molecule has 0 saturated carbocycles. The molecular weight excluding hydrogens is 299 g/mol. The molecule has 126 valence electrons. The van der Waals surface area contributed by atoms with Crippen molar-refractivity contribution in [3.8, 4) is 5.75 Å². The van der Waals surface area contributed by atoms with E-state index in [1.54, 1.807) is 6.07 Å². The van der Waals surface area contributed by atoms with Crippen molar-refractivity contribution in [2.45, 2.75) is 38.3 Å². The molecule has 5 nitrogen and oxygen atoms in total. The summed E-state index contributed by atoms with van der Waals surface area (Å²) in [6, 6.07) is 4.17. The van der Waals surface area contributed by atoms with Crippen molar-refractivity contribution in [1.82, 2.24) is 10.6 Å². The number of fused-ring (bicyclic) bond motifs is 1. The molecule has 3 atom stereocenters. The highest BCUT2D eigenvalue weighted by atomic mass is 19.1. The van der Waals surface area contributed by atoms with Crippen molar-refractivity contribution >= 4 is 6.03 Å². The van der Waals surface area contributed by atoms with Crippen LogP contribution in [0.1, 0.15) is 37.8 Å². The number of hydrogen-bond acceptors (Lipinski definition) is 3. The van der Waals surface area contributed by atoms with Crippen LogP contribution in [0.2, 0.25) is 0 Å². The van der Waals surface area contributed by atoms with Gasteiger partial charge in [-0.05, 0) is 32.3 Å². The lowest BCUT2D eigenvalue weighted by atomic mass is 10.0. The minimum Gasteiger partial charge on any atom is -0.493 e. The molecule has 6 heteroatoms. The zero-order valence-corrected chi connectivity index (χ0v) is 13.3. The van der Waals surface area contributed by atoms with E-state index in [0.717, 1.165) is 31.4 Å². The first-order valence-electron chi connectivity index (χ1n) is 8.20. The average molecular weight is 322 g/mol. The number of halogens is 1. The van der Waals surface area contributed by atoms with Gasteiger partial charge in [0.05, 0.1) is 19.3 Å². The zero-order chi connectivity index (χ0) is 16.2. The van der Waals surface area contributed by atoms with Crippen LogP contribution < -0.4 is 15.4 Å². The van der Waals surface area contributed by atoms with Crippen LogP contribution in [-0.2, 0) is 4.74 Å². The number of hydrogen-bond donors (Lipinski definition) is 2. The van der Waals surface area contributed by atoms with E-state index >= 15 is 0 Å². The van der Waals surface area contributed by atoms with E-state index in [2.05, 4.69) is 10.6 Å². The molecule has 0 unspecified atom stereocenters. The molecule has 0 bridgehead atoms. The van der Waals surface area contributed by atoms with Gasteiger partial charge in [-0.15, -0.1) is 0 Å². The van der Waals surface area contributed by atoms with Gasteiger partial charge in [0.2, 0.25) is 0 Å². The van der Waals surface area contributed by atoms with Crippen molar-refractivity contribution in [2.24, 2.45) is 5.92 Å². The maximum atomic E-state index is 13.4. The minimum absolute atomic E-state index is 0.0622. The van der Waals surface area contributed by atoms with Gasteiger partial charge >= 0.3 is 6.03 Å². The monoisotopic (exact) mass is 322 g/mol. The second kappa shape index (κ2) is 7.17. The average Bonchev–Trinajstić information content (AvgIpc) is 2.98. The molecule has 3 rings (SSSR count). The molecule has 1 fully saturated rings. The van der Waals surface area contributed by atoms with Crippen LogP contribution in [0.4, 0.5) is 9.18 Å². The van der Waals surface area contributed by atoms with E-state index in [9.17, 15) is 9.18 Å². The van der Waals surface area contributed by atoms with Crippen LogP contribution in [0.3, 0.4) is 0 Å². The van der Waals surface area contributed by atoms with Crippen LogP contribution in [0, 0.1) is 11.7 Å². The standard InChI is InChI=1S/C17H23FN2O3/c1-11(12-6-8-22-10-12)19-17(21)20-15-3-2-7-23-16-9-13(18)4-5-14(15)16/h4-5,9,11-12,15H,2-3,6-8,10H2,1H3,(H2,19,20,21)/t11-,12-,15-/m0/s1. The van der Waals surface area contributed by atoms with Gasteiger partial charge in [-0.1, -0.05) is 6.07 Å². The maximum absolute atomic E-state index is 13.4. The highest BCUT2D eigenvalue weighted by Crippen LogP contribution is 2.32. The van der Waals surface area contributed by atoms with E-state index in [1.165, 1.54) is 12.1 Å². The molecule has 23 heavy (non-hydrogen) atoms. The second-order valence-electron chi connectivity index (χ2n) is 6.26. The summed E-state index contributed by atoms with van der Waals surface area (Å²) in [5.74, 6) is 0.549. The number of nitrogens with one attached hydrogen (secondary N) is 2. The van der Waals surface area contributed by atoms with Gasteiger partial charge in [-0.3, -0.25) is 0 Å². The Hall–Kier alpha value is -1.82. The molecule has 0 aromatic heterocycles. The van der Waals surface area contributed by atoms with E-state index in [4.69, 9.17) is 9.47 Å². The highest BCUT2D eigenvalue weighted by molar-refractivity contribution is 5.75. The first kappa shape index (κ1) is 16.1. The predicted molar refractivity (Wildman–Crippen MR) is 83.9 cm³/mol. The third-order valence-electron chi connectivity index (χ3n) is 4.58. The number of rotatable bonds is 3. The van der Waals surface area contributed by atoms with E-state index in [-0.39, 0.29) is 23.9 Å². The van der Waals surface area contributed by atoms with E-state index < -0.39 is 0 Å². The molecule has 2 N–H and O–H groups in total. The lowest BCUT2D eigenvalue weighted by Gasteiger charge is -2.23. The van der Waals surface area contributed by atoms with Gasteiger partial charge in [-0.25, -0.2) is 9.18 Å². The Morgan fingerprint density at radius 1 is 1.35 bits per heavy atom. The Kier molecular flexibility index (Phi) is 5.00. The van der Waals surface area contributed by atoms with Crippen molar-refractivity contribution in [2.75, 3.05) is 19.8 Å². The van der Waals surface area contributed by atoms with Crippen molar-refractivity contribution in [3.05, 3.63) is 29.6 Å². The summed E-state index contributed by atoms with van der Waals surface area (Å²) in [5, 5.41) is 5.98. The summed E-state index contributed by atoms with van der Waals surface area (Å²) in [6.45, 7) is 3.99. The fourth-order valence-electron chi connectivity index (χ4n) is 3.17. The summed E-state index contributed by atoms with van der Waals surface area (Å²) < 4.78 is 24.3. The van der Waals surface area contributed by atoms with Gasteiger partial charge in [0.25, 0.3) is 0 Å². The first-order valence-corrected chi connectivity index (χ1v) is 8.20. The first-order chi connectivity index (χ1) is 11.1. The minimum atomic E-state index is -0.330. The summed E-state index contributed by atoms with van der Waals surface area (Å²) in [7, 11) is 0. The fraction of sp³-hybridized carbons (Fsp3) is 0.588. The highest BCUT2D eigenvalue weighted by Gasteiger charge is 2.26. The maximum Gasteiger partial charge on any atom is 0.315 e. The topological polar surface area (TPSA) is 59.6 Å². The summed E-state index contributed by atoms with van der Waals surface area (Å²) in [6.07, 6.45) is 2.56. The third-order valence-corrected chi connectivity index (χ3v) is 4.58. The number of urea groups is 1. The van der Waals surface area contributed by atoms with Crippen LogP contribution in [0.15, 0.2) is 18.2 Å². The second-order valence-corrected chi connectivity index (χ2v) is 6.26. The number of ether oxygens (including phenoxy) is 2. The van der Waals surface area contributed by atoms with Gasteiger partial charge in [0.15, 0.2) is 0 Å². The van der Waals surface area contributed by atoms with Gasteiger partial charge in [-0.2, -0.15) is 0 Å². The largest absolute Gasteiger partial charge is 0.493 e. The van der Waals surface area contributed by atoms with E-state index in [1.807, 2.05) is 6.92 Å². The smallest absolute Gasteiger partial charge is 0.315 e. The molecule has 1 aromatic carbocycles. The third kappa shape index (κ3) is 3.93. The molecule has 0 aliphatic carbocycles. The number of amides is 2. The SMILES string of the molecule is C[C@H](NC(=O)N[C@H]1CCCOc2cc(F)ccc21)[C@H]1CCOC1. The van der Waals surface area contributed by atoms with Gasteiger partial charge in [0, 0.05) is 30.2 Å². The molecule has 0 spiro atoms.